The zero-order valence-electron chi connectivity index (χ0n) is 19.9. The van der Waals surface area contributed by atoms with Crippen LogP contribution in [0.3, 0.4) is 0 Å². The quantitative estimate of drug-likeness (QED) is 0.444. The molecule has 0 atom stereocenters. The number of ether oxygens (including phenoxy) is 1. The van der Waals surface area contributed by atoms with Gasteiger partial charge in [-0.25, -0.2) is 4.79 Å². The zero-order valence-corrected chi connectivity index (χ0v) is 21.5. The molecular formula is C23H27ClN4O5S. The van der Waals surface area contributed by atoms with Gasteiger partial charge in [0, 0.05) is 14.1 Å². The number of nitrogens with zero attached hydrogens (tertiary/aromatic N) is 3. The van der Waals surface area contributed by atoms with E-state index in [0.717, 1.165) is 17.0 Å². The molecule has 0 aliphatic heterocycles. The topological polar surface area (TPSA) is 107 Å². The number of rotatable bonds is 8. The molecule has 0 saturated carbocycles. The number of aryl methyl sites for hydroxylation is 1. The van der Waals surface area contributed by atoms with E-state index in [1.807, 2.05) is 20.8 Å². The van der Waals surface area contributed by atoms with E-state index in [0.29, 0.717) is 39.9 Å². The van der Waals surface area contributed by atoms with Crippen LogP contribution in [0.4, 0.5) is 5.00 Å². The third kappa shape index (κ3) is 5.18. The molecule has 1 N–H and O–H groups in total. The lowest BCUT2D eigenvalue weighted by Gasteiger charge is -2.09. The standard InChI is InChI=1S/C23H27ClN4O5S/c1-7-10-32-23(31)17-12(2)19(22(30)27(5)6)34-21(17)25-20(29)16-9-8-15(33-16)11-28-14(4)18(24)13(3)26-28/h8-9H,7,10-11H2,1-6H3,(H,25,29). The summed E-state index contributed by atoms with van der Waals surface area (Å²) in [6.07, 6.45) is 0.649. The predicted octanol–water partition coefficient (Wildman–Crippen LogP) is 4.69. The van der Waals surface area contributed by atoms with Gasteiger partial charge < -0.3 is 19.4 Å². The summed E-state index contributed by atoms with van der Waals surface area (Å²) in [6.45, 7) is 7.75. The molecule has 0 spiro atoms. The number of halogens is 1. The van der Waals surface area contributed by atoms with Crippen molar-refractivity contribution >= 4 is 45.7 Å². The lowest BCUT2D eigenvalue weighted by molar-refractivity contribution is 0.0506. The molecule has 0 bridgehead atoms. The summed E-state index contributed by atoms with van der Waals surface area (Å²) >= 11 is 7.23. The highest BCUT2D eigenvalue weighted by Crippen LogP contribution is 2.35. The molecule has 0 aliphatic carbocycles. The van der Waals surface area contributed by atoms with Crippen LogP contribution in [0.1, 0.15) is 66.6 Å². The molecule has 0 aromatic carbocycles. The Kier molecular flexibility index (Phi) is 7.83. The monoisotopic (exact) mass is 506 g/mol. The van der Waals surface area contributed by atoms with Crippen molar-refractivity contribution in [3.63, 3.8) is 0 Å². The van der Waals surface area contributed by atoms with Gasteiger partial charge in [0.15, 0.2) is 5.76 Å². The van der Waals surface area contributed by atoms with Crippen LogP contribution in [0.25, 0.3) is 0 Å². The van der Waals surface area contributed by atoms with Crippen LogP contribution in [0.2, 0.25) is 5.02 Å². The zero-order chi connectivity index (χ0) is 25.2. The lowest BCUT2D eigenvalue weighted by Crippen LogP contribution is -2.21. The number of anilines is 1. The first-order valence-corrected chi connectivity index (χ1v) is 11.9. The van der Waals surface area contributed by atoms with Crippen molar-refractivity contribution in [3.05, 3.63) is 56.1 Å². The van der Waals surface area contributed by atoms with Crippen LogP contribution < -0.4 is 5.32 Å². The maximum Gasteiger partial charge on any atom is 0.341 e. The molecule has 3 heterocycles. The van der Waals surface area contributed by atoms with E-state index in [2.05, 4.69) is 10.4 Å². The molecular weight excluding hydrogens is 480 g/mol. The van der Waals surface area contributed by atoms with Gasteiger partial charge in [0.2, 0.25) is 0 Å². The Bertz CT molecular complexity index is 1240. The van der Waals surface area contributed by atoms with E-state index < -0.39 is 11.9 Å². The van der Waals surface area contributed by atoms with Gasteiger partial charge in [-0.1, -0.05) is 18.5 Å². The number of carbonyl (C=O) groups excluding carboxylic acids is 3. The molecule has 0 saturated heterocycles. The second-order valence-electron chi connectivity index (χ2n) is 7.96. The van der Waals surface area contributed by atoms with E-state index in [1.165, 1.54) is 4.90 Å². The van der Waals surface area contributed by atoms with E-state index in [9.17, 15) is 14.4 Å². The minimum atomic E-state index is -0.592. The van der Waals surface area contributed by atoms with Crippen LogP contribution >= 0.6 is 22.9 Å². The molecule has 11 heteroatoms. The first-order chi connectivity index (χ1) is 16.0. The van der Waals surface area contributed by atoms with E-state index in [4.69, 9.17) is 20.8 Å². The average molecular weight is 507 g/mol. The fourth-order valence-corrected chi connectivity index (χ4v) is 4.59. The van der Waals surface area contributed by atoms with Crippen molar-refractivity contribution in [2.45, 2.75) is 40.7 Å². The molecule has 0 radical (unpaired) electrons. The van der Waals surface area contributed by atoms with Gasteiger partial charge in [-0.05, 0) is 44.9 Å². The summed E-state index contributed by atoms with van der Waals surface area (Å²) < 4.78 is 12.7. The highest BCUT2D eigenvalue weighted by molar-refractivity contribution is 7.18. The minimum Gasteiger partial charge on any atom is -0.462 e. The number of carbonyl (C=O) groups is 3. The first kappa shape index (κ1) is 25.5. The molecule has 0 unspecified atom stereocenters. The van der Waals surface area contributed by atoms with E-state index in [-0.39, 0.29) is 28.8 Å². The molecule has 0 aliphatic rings. The van der Waals surface area contributed by atoms with Crippen LogP contribution in [0, 0.1) is 20.8 Å². The smallest absolute Gasteiger partial charge is 0.341 e. The Morgan fingerprint density at radius 1 is 1.24 bits per heavy atom. The molecule has 3 aromatic heterocycles. The SMILES string of the molecule is CCCOC(=O)c1c(NC(=O)c2ccc(Cn3nc(C)c(Cl)c3C)o2)sc(C(=O)N(C)C)c1C. The largest absolute Gasteiger partial charge is 0.462 e. The third-order valence-corrected chi connectivity index (χ3v) is 6.84. The lowest BCUT2D eigenvalue weighted by atomic mass is 10.1. The number of esters is 1. The van der Waals surface area contributed by atoms with E-state index >= 15 is 0 Å². The summed E-state index contributed by atoms with van der Waals surface area (Å²) in [6, 6.07) is 3.22. The maximum absolute atomic E-state index is 12.9. The number of amides is 2. The van der Waals surface area contributed by atoms with Gasteiger partial charge in [-0.3, -0.25) is 14.3 Å². The normalized spacial score (nSPS) is 10.9. The highest BCUT2D eigenvalue weighted by atomic mass is 35.5. The van der Waals surface area contributed by atoms with Crippen LogP contribution in [0.5, 0.6) is 0 Å². The van der Waals surface area contributed by atoms with Crippen molar-refractivity contribution < 1.29 is 23.5 Å². The summed E-state index contributed by atoms with van der Waals surface area (Å²) in [5, 5.41) is 7.90. The van der Waals surface area contributed by atoms with Crippen LogP contribution in [0.15, 0.2) is 16.5 Å². The Morgan fingerprint density at radius 2 is 1.94 bits per heavy atom. The van der Waals surface area contributed by atoms with Crippen molar-refractivity contribution in [2.24, 2.45) is 0 Å². The van der Waals surface area contributed by atoms with Crippen molar-refractivity contribution in [1.29, 1.82) is 0 Å². The molecule has 0 fully saturated rings. The van der Waals surface area contributed by atoms with Gasteiger partial charge >= 0.3 is 5.97 Å². The fraction of sp³-hybridized carbons (Fsp3) is 0.391. The number of hydrogen-bond donors (Lipinski definition) is 1. The maximum atomic E-state index is 12.9. The average Bonchev–Trinajstić information content (AvgIpc) is 3.45. The highest BCUT2D eigenvalue weighted by Gasteiger charge is 2.28. The molecule has 3 aromatic rings. The summed E-state index contributed by atoms with van der Waals surface area (Å²) in [5.41, 5.74) is 2.13. The summed E-state index contributed by atoms with van der Waals surface area (Å²) in [7, 11) is 3.24. The van der Waals surface area contributed by atoms with Gasteiger partial charge in [-0.2, -0.15) is 5.10 Å². The van der Waals surface area contributed by atoms with Crippen LogP contribution in [-0.4, -0.2) is 53.2 Å². The number of thiophene rings is 1. The Labute approximate surface area is 206 Å². The van der Waals surface area contributed by atoms with Crippen molar-refractivity contribution in [1.82, 2.24) is 14.7 Å². The number of hydrogen-bond acceptors (Lipinski definition) is 7. The van der Waals surface area contributed by atoms with Gasteiger partial charge in [-0.15, -0.1) is 11.3 Å². The molecule has 3 rings (SSSR count). The van der Waals surface area contributed by atoms with E-state index in [1.54, 1.807) is 37.8 Å². The Hall–Kier alpha value is -3.11. The molecule has 34 heavy (non-hydrogen) atoms. The Morgan fingerprint density at radius 3 is 2.53 bits per heavy atom. The predicted molar refractivity (Wildman–Crippen MR) is 130 cm³/mol. The minimum absolute atomic E-state index is 0.0574. The van der Waals surface area contributed by atoms with Crippen molar-refractivity contribution in [2.75, 3.05) is 26.0 Å². The number of nitrogens with one attached hydrogen (secondary N) is 1. The third-order valence-electron chi connectivity index (χ3n) is 5.10. The van der Waals surface area contributed by atoms with Crippen LogP contribution in [-0.2, 0) is 11.3 Å². The summed E-state index contributed by atoms with van der Waals surface area (Å²) in [4.78, 5) is 40.0. The number of aromatic nitrogens is 2. The van der Waals surface area contributed by atoms with Gasteiger partial charge in [0.1, 0.15) is 10.8 Å². The summed E-state index contributed by atoms with van der Waals surface area (Å²) in [5.74, 6) is -0.836. The fourth-order valence-electron chi connectivity index (χ4n) is 3.25. The van der Waals surface area contributed by atoms with Gasteiger partial charge in [0.25, 0.3) is 11.8 Å². The van der Waals surface area contributed by atoms with Gasteiger partial charge in [0.05, 0.1) is 40.0 Å². The second-order valence-corrected chi connectivity index (χ2v) is 9.36. The molecule has 182 valence electrons. The first-order valence-electron chi connectivity index (χ1n) is 10.7. The number of furan rings is 1. The molecule has 2 amide bonds. The molecule has 9 nitrogen and oxygen atoms in total. The van der Waals surface area contributed by atoms with Crippen molar-refractivity contribution in [3.8, 4) is 0 Å². The second kappa shape index (κ2) is 10.4. The Balaban J connectivity index is 1.86.